The topological polar surface area (TPSA) is 30.2 Å². The average Bonchev–Trinajstić information content (AvgIpc) is 2.51. The highest BCUT2D eigenvalue weighted by molar-refractivity contribution is 6.40. The summed E-state index contributed by atoms with van der Waals surface area (Å²) in [7, 11) is 0. The first-order valence-electron chi connectivity index (χ1n) is 3.97. The number of fused-ring (bicyclic) bond motifs is 1. The fraction of sp³-hybridized carbons (Fsp3) is 0.100. The molecule has 0 aliphatic rings. The molecule has 2 rings (SSSR count). The van der Waals surface area contributed by atoms with Crippen molar-refractivity contribution in [3.8, 4) is 0 Å². The second kappa shape index (κ2) is 3.30. The van der Waals surface area contributed by atoms with Gasteiger partial charge in [0, 0.05) is 5.39 Å². The van der Waals surface area contributed by atoms with Crippen LogP contribution in [0.4, 0.5) is 0 Å². The lowest BCUT2D eigenvalue weighted by molar-refractivity contribution is 0.110. The number of carbonyl (C=O) groups excluding carboxylic acids is 1. The highest BCUT2D eigenvalue weighted by Crippen LogP contribution is 2.35. The Morgan fingerprint density at radius 2 is 2.07 bits per heavy atom. The summed E-state index contributed by atoms with van der Waals surface area (Å²) in [6.07, 6.45) is 0.581. The number of hydrogen-bond acceptors (Lipinski definition) is 2. The molecule has 2 nitrogen and oxygen atoms in total. The summed E-state index contributed by atoms with van der Waals surface area (Å²) >= 11 is 11.9. The van der Waals surface area contributed by atoms with Gasteiger partial charge in [0.25, 0.3) is 0 Å². The molecule has 14 heavy (non-hydrogen) atoms. The standard InChI is InChI=1S/C10H6Cl2O2/c1-5-2-3-6(11)10-8(5)9(12)7(4-13)14-10/h2-4H,1H3. The van der Waals surface area contributed by atoms with Gasteiger partial charge in [-0.3, -0.25) is 4.79 Å². The van der Waals surface area contributed by atoms with Crippen LogP contribution in [0, 0.1) is 6.92 Å². The Hall–Kier alpha value is -0.990. The van der Waals surface area contributed by atoms with E-state index in [1.165, 1.54) is 0 Å². The third-order valence-corrected chi connectivity index (χ3v) is 2.75. The molecule has 0 aliphatic carbocycles. The van der Waals surface area contributed by atoms with Gasteiger partial charge in [-0.15, -0.1) is 0 Å². The van der Waals surface area contributed by atoms with Crippen LogP contribution in [0.15, 0.2) is 16.5 Å². The lowest BCUT2D eigenvalue weighted by atomic mass is 10.1. The zero-order valence-corrected chi connectivity index (χ0v) is 8.82. The van der Waals surface area contributed by atoms with Gasteiger partial charge in [0.15, 0.2) is 17.6 Å². The van der Waals surface area contributed by atoms with Gasteiger partial charge in [-0.05, 0) is 18.6 Å². The summed E-state index contributed by atoms with van der Waals surface area (Å²) in [6, 6.07) is 3.55. The van der Waals surface area contributed by atoms with Gasteiger partial charge < -0.3 is 4.42 Å². The van der Waals surface area contributed by atoms with Crippen molar-refractivity contribution in [3.63, 3.8) is 0 Å². The molecule has 0 unspecified atom stereocenters. The smallest absolute Gasteiger partial charge is 0.186 e. The summed E-state index contributed by atoms with van der Waals surface area (Å²) in [4.78, 5) is 10.6. The van der Waals surface area contributed by atoms with E-state index in [0.29, 0.717) is 27.3 Å². The second-order valence-electron chi connectivity index (χ2n) is 2.97. The van der Waals surface area contributed by atoms with E-state index in [0.717, 1.165) is 5.56 Å². The van der Waals surface area contributed by atoms with Gasteiger partial charge in [-0.25, -0.2) is 0 Å². The molecule has 1 heterocycles. The van der Waals surface area contributed by atoms with Crippen molar-refractivity contribution in [2.24, 2.45) is 0 Å². The number of furan rings is 1. The van der Waals surface area contributed by atoms with Gasteiger partial charge in [0.05, 0.1) is 10.0 Å². The minimum Gasteiger partial charge on any atom is -0.450 e. The summed E-state index contributed by atoms with van der Waals surface area (Å²) in [5.74, 6) is 0.123. The molecule has 1 aromatic heterocycles. The Morgan fingerprint density at radius 3 is 2.64 bits per heavy atom. The first-order chi connectivity index (χ1) is 6.65. The van der Waals surface area contributed by atoms with Crippen molar-refractivity contribution in [3.05, 3.63) is 33.5 Å². The molecular weight excluding hydrogens is 223 g/mol. The number of halogens is 2. The van der Waals surface area contributed by atoms with Crippen molar-refractivity contribution in [2.75, 3.05) is 0 Å². The first kappa shape index (κ1) is 9.56. The van der Waals surface area contributed by atoms with Crippen LogP contribution in [0.2, 0.25) is 10.0 Å². The van der Waals surface area contributed by atoms with Crippen LogP contribution >= 0.6 is 23.2 Å². The highest BCUT2D eigenvalue weighted by atomic mass is 35.5. The maximum Gasteiger partial charge on any atom is 0.186 e. The van der Waals surface area contributed by atoms with Crippen LogP contribution in [-0.4, -0.2) is 6.29 Å². The van der Waals surface area contributed by atoms with E-state index in [9.17, 15) is 4.79 Å². The van der Waals surface area contributed by atoms with Crippen molar-refractivity contribution in [1.82, 2.24) is 0 Å². The fourth-order valence-electron chi connectivity index (χ4n) is 1.38. The van der Waals surface area contributed by atoms with E-state index in [-0.39, 0.29) is 5.76 Å². The minimum absolute atomic E-state index is 0.123. The van der Waals surface area contributed by atoms with Crippen LogP contribution < -0.4 is 0 Å². The molecule has 0 N–H and O–H groups in total. The molecule has 0 atom stereocenters. The Bertz CT molecular complexity index is 514. The fourth-order valence-corrected chi connectivity index (χ4v) is 1.90. The Balaban J connectivity index is 2.97. The molecule has 0 radical (unpaired) electrons. The van der Waals surface area contributed by atoms with Crippen molar-refractivity contribution in [1.29, 1.82) is 0 Å². The predicted molar refractivity (Wildman–Crippen MR) is 56.4 cm³/mol. The van der Waals surface area contributed by atoms with E-state index < -0.39 is 0 Å². The molecule has 0 amide bonds. The Morgan fingerprint density at radius 1 is 1.36 bits per heavy atom. The molecule has 0 saturated heterocycles. The van der Waals surface area contributed by atoms with Crippen LogP contribution in [0.5, 0.6) is 0 Å². The van der Waals surface area contributed by atoms with Gasteiger partial charge in [-0.2, -0.15) is 0 Å². The van der Waals surface area contributed by atoms with Gasteiger partial charge in [0.1, 0.15) is 0 Å². The maximum absolute atomic E-state index is 10.6. The number of aryl methyl sites for hydroxylation is 1. The Kier molecular flexibility index (Phi) is 2.25. The molecule has 0 aliphatic heterocycles. The summed E-state index contributed by atoms with van der Waals surface area (Å²) in [6.45, 7) is 1.88. The van der Waals surface area contributed by atoms with Crippen LogP contribution in [0.3, 0.4) is 0 Å². The zero-order chi connectivity index (χ0) is 10.3. The number of benzene rings is 1. The van der Waals surface area contributed by atoms with E-state index in [4.69, 9.17) is 27.6 Å². The molecule has 0 saturated carbocycles. The van der Waals surface area contributed by atoms with Crippen molar-refractivity contribution < 1.29 is 9.21 Å². The number of rotatable bonds is 1. The highest BCUT2D eigenvalue weighted by Gasteiger charge is 2.15. The number of hydrogen-bond donors (Lipinski definition) is 0. The van der Waals surface area contributed by atoms with E-state index in [1.807, 2.05) is 13.0 Å². The molecule has 2 aromatic rings. The van der Waals surface area contributed by atoms with E-state index >= 15 is 0 Å². The number of carbonyl (C=O) groups is 1. The first-order valence-corrected chi connectivity index (χ1v) is 4.73. The molecule has 0 bridgehead atoms. The van der Waals surface area contributed by atoms with Crippen LogP contribution in [-0.2, 0) is 0 Å². The normalized spacial score (nSPS) is 10.8. The lowest BCUT2D eigenvalue weighted by Gasteiger charge is -1.96. The van der Waals surface area contributed by atoms with Gasteiger partial charge in [-0.1, -0.05) is 29.3 Å². The predicted octanol–water partition coefficient (Wildman–Crippen LogP) is 3.86. The second-order valence-corrected chi connectivity index (χ2v) is 3.75. The Labute approximate surface area is 90.4 Å². The largest absolute Gasteiger partial charge is 0.450 e. The number of aldehydes is 1. The zero-order valence-electron chi connectivity index (χ0n) is 7.30. The summed E-state index contributed by atoms with van der Waals surface area (Å²) in [5.41, 5.74) is 1.41. The van der Waals surface area contributed by atoms with Gasteiger partial charge in [0.2, 0.25) is 0 Å². The third kappa shape index (κ3) is 1.22. The molecule has 4 heteroatoms. The molecule has 0 fully saturated rings. The van der Waals surface area contributed by atoms with Crippen LogP contribution in [0.25, 0.3) is 11.0 Å². The monoisotopic (exact) mass is 228 g/mol. The van der Waals surface area contributed by atoms with E-state index in [2.05, 4.69) is 0 Å². The SMILES string of the molecule is Cc1ccc(Cl)c2oc(C=O)c(Cl)c12. The summed E-state index contributed by atoms with van der Waals surface area (Å²) < 4.78 is 5.23. The average molecular weight is 229 g/mol. The summed E-state index contributed by atoms with van der Waals surface area (Å²) in [5, 5.41) is 1.50. The third-order valence-electron chi connectivity index (χ3n) is 2.07. The van der Waals surface area contributed by atoms with Crippen molar-refractivity contribution >= 4 is 40.5 Å². The quantitative estimate of drug-likeness (QED) is 0.695. The molecule has 0 spiro atoms. The minimum atomic E-state index is 0.123. The molecule has 72 valence electrons. The maximum atomic E-state index is 10.6. The molecule has 1 aromatic carbocycles. The van der Waals surface area contributed by atoms with Crippen molar-refractivity contribution in [2.45, 2.75) is 6.92 Å². The lowest BCUT2D eigenvalue weighted by Crippen LogP contribution is -1.75. The van der Waals surface area contributed by atoms with Crippen LogP contribution in [0.1, 0.15) is 16.1 Å². The molecular formula is C10H6Cl2O2. The van der Waals surface area contributed by atoms with E-state index in [1.54, 1.807) is 6.07 Å². The van der Waals surface area contributed by atoms with Gasteiger partial charge >= 0.3 is 0 Å².